The summed E-state index contributed by atoms with van der Waals surface area (Å²) in [6.45, 7) is 2.15. The van der Waals surface area contributed by atoms with Gasteiger partial charge in [-0.2, -0.15) is 0 Å². The Morgan fingerprint density at radius 3 is 2.89 bits per heavy atom. The van der Waals surface area contributed by atoms with Crippen molar-refractivity contribution >= 4 is 22.8 Å². The molecule has 19 heavy (non-hydrogen) atoms. The lowest BCUT2D eigenvalue weighted by atomic mass is 10.1. The molecule has 1 aromatic carbocycles. The molecule has 2 rings (SSSR count). The van der Waals surface area contributed by atoms with E-state index in [4.69, 9.17) is 5.11 Å². The fourth-order valence-corrected chi connectivity index (χ4v) is 1.93. The van der Waals surface area contributed by atoms with E-state index >= 15 is 0 Å². The van der Waals surface area contributed by atoms with Crippen molar-refractivity contribution < 1.29 is 14.7 Å². The highest BCUT2D eigenvalue weighted by Gasteiger charge is 2.11. The number of carbonyl (C=O) groups is 2. The number of aromatic nitrogens is 1. The summed E-state index contributed by atoms with van der Waals surface area (Å²) in [5, 5.41) is 12.4. The highest BCUT2D eigenvalue weighted by atomic mass is 16.4. The quantitative estimate of drug-likeness (QED) is 0.769. The summed E-state index contributed by atoms with van der Waals surface area (Å²) in [6, 6.07) is 7.31. The molecule has 5 nitrogen and oxygen atoms in total. The Bertz CT molecular complexity index is 604. The number of hydrogen-bond acceptors (Lipinski definition) is 2. The smallest absolute Gasteiger partial charge is 0.303 e. The predicted molar refractivity (Wildman–Crippen MR) is 72.0 cm³/mol. The van der Waals surface area contributed by atoms with Gasteiger partial charge in [0.05, 0.1) is 0 Å². The van der Waals surface area contributed by atoms with Gasteiger partial charge in [-0.05, 0) is 30.2 Å². The third kappa shape index (κ3) is 3.34. The van der Waals surface area contributed by atoms with Crippen LogP contribution in [0.25, 0.3) is 10.9 Å². The molecule has 0 fully saturated rings. The maximum absolute atomic E-state index is 11.9. The minimum absolute atomic E-state index is 0.0527. The molecule has 0 saturated heterocycles. The lowest BCUT2D eigenvalue weighted by molar-refractivity contribution is -0.137. The Labute approximate surface area is 110 Å². The van der Waals surface area contributed by atoms with Crippen molar-refractivity contribution in [3.8, 4) is 0 Å². The molecule has 1 amide bonds. The fourth-order valence-electron chi connectivity index (χ4n) is 1.93. The minimum atomic E-state index is -0.851. The van der Waals surface area contributed by atoms with Crippen LogP contribution in [0, 0.1) is 5.92 Å². The number of fused-ring (bicyclic) bond motifs is 1. The molecule has 0 bridgehead atoms. The largest absolute Gasteiger partial charge is 0.481 e. The van der Waals surface area contributed by atoms with E-state index < -0.39 is 5.97 Å². The van der Waals surface area contributed by atoms with E-state index in [2.05, 4.69) is 10.3 Å². The van der Waals surface area contributed by atoms with E-state index in [-0.39, 0.29) is 18.2 Å². The van der Waals surface area contributed by atoms with Gasteiger partial charge in [0.15, 0.2) is 0 Å². The van der Waals surface area contributed by atoms with Crippen molar-refractivity contribution in [2.24, 2.45) is 5.92 Å². The minimum Gasteiger partial charge on any atom is -0.481 e. The van der Waals surface area contributed by atoms with Gasteiger partial charge < -0.3 is 15.4 Å². The first-order valence-electron chi connectivity index (χ1n) is 6.13. The number of H-pyrrole nitrogens is 1. The van der Waals surface area contributed by atoms with E-state index in [1.54, 1.807) is 13.0 Å². The Kier molecular flexibility index (Phi) is 3.85. The SMILES string of the molecule is CC(CNC(=O)c1ccc2[nH]ccc2c1)CC(=O)O. The lowest BCUT2D eigenvalue weighted by Gasteiger charge is -2.10. The number of rotatable bonds is 5. The molecule has 3 N–H and O–H groups in total. The van der Waals surface area contributed by atoms with Crippen molar-refractivity contribution in [3.05, 3.63) is 36.0 Å². The lowest BCUT2D eigenvalue weighted by Crippen LogP contribution is -2.29. The van der Waals surface area contributed by atoms with E-state index in [1.165, 1.54) is 0 Å². The Balaban J connectivity index is 1.97. The fraction of sp³-hybridized carbons (Fsp3) is 0.286. The second-order valence-corrected chi connectivity index (χ2v) is 4.69. The summed E-state index contributed by atoms with van der Waals surface area (Å²) in [5.74, 6) is -1.12. The molecule has 1 aromatic heterocycles. The topological polar surface area (TPSA) is 82.2 Å². The number of carbonyl (C=O) groups excluding carboxylic acids is 1. The Morgan fingerprint density at radius 1 is 1.37 bits per heavy atom. The molecule has 0 radical (unpaired) electrons. The standard InChI is InChI=1S/C14H16N2O3/c1-9(6-13(17)18)8-16-14(19)11-2-3-12-10(7-11)4-5-15-12/h2-5,7,9,15H,6,8H2,1H3,(H,16,19)(H,17,18). The molecule has 0 aliphatic rings. The number of aromatic amines is 1. The first-order valence-corrected chi connectivity index (χ1v) is 6.13. The zero-order chi connectivity index (χ0) is 13.8. The van der Waals surface area contributed by atoms with Gasteiger partial charge in [-0.1, -0.05) is 6.92 Å². The van der Waals surface area contributed by atoms with E-state index in [0.717, 1.165) is 10.9 Å². The number of amides is 1. The van der Waals surface area contributed by atoms with Crippen LogP contribution in [0.3, 0.4) is 0 Å². The van der Waals surface area contributed by atoms with Crippen LogP contribution in [0.4, 0.5) is 0 Å². The van der Waals surface area contributed by atoms with Gasteiger partial charge in [0, 0.05) is 35.6 Å². The molecule has 1 atom stereocenters. The Hall–Kier alpha value is -2.30. The first-order chi connectivity index (χ1) is 9.06. The summed E-state index contributed by atoms with van der Waals surface area (Å²) in [6.07, 6.45) is 1.87. The van der Waals surface area contributed by atoms with E-state index in [0.29, 0.717) is 12.1 Å². The number of carboxylic acids is 1. The average molecular weight is 260 g/mol. The van der Waals surface area contributed by atoms with Crippen LogP contribution in [-0.4, -0.2) is 28.5 Å². The molecule has 0 aliphatic heterocycles. The number of nitrogens with one attached hydrogen (secondary N) is 2. The maximum atomic E-state index is 11.9. The summed E-state index contributed by atoms with van der Waals surface area (Å²) in [4.78, 5) is 25.5. The van der Waals surface area contributed by atoms with Crippen LogP contribution in [0.1, 0.15) is 23.7 Å². The van der Waals surface area contributed by atoms with Crippen LogP contribution in [0.2, 0.25) is 0 Å². The van der Waals surface area contributed by atoms with Crippen LogP contribution >= 0.6 is 0 Å². The molecular weight excluding hydrogens is 244 g/mol. The highest BCUT2D eigenvalue weighted by molar-refractivity contribution is 5.98. The van der Waals surface area contributed by atoms with Crippen molar-refractivity contribution in [2.75, 3.05) is 6.54 Å². The number of hydrogen-bond donors (Lipinski definition) is 3. The molecule has 5 heteroatoms. The summed E-state index contributed by atoms with van der Waals surface area (Å²) in [7, 11) is 0. The first kappa shape index (κ1) is 13.1. The molecule has 1 heterocycles. The number of benzene rings is 1. The molecule has 1 unspecified atom stereocenters. The van der Waals surface area contributed by atoms with Crippen LogP contribution in [0.15, 0.2) is 30.5 Å². The molecular formula is C14H16N2O3. The van der Waals surface area contributed by atoms with Crippen LogP contribution in [0.5, 0.6) is 0 Å². The van der Waals surface area contributed by atoms with Gasteiger partial charge in [-0.25, -0.2) is 0 Å². The van der Waals surface area contributed by atoms with Crippen molar-refractivity contribution in [1.82, 2.24) is 10.3 Å². The average Bonchev–Trinajstić information content (AvgIpc) is 2.82. The third-order valence-corrected chi connectivity index (χ3v) is 2.95. The van der Waals surface area contributed by atoms with Crippen LogP contribution < -0.4 is 5.32 Å². The molecule has 0 spiro atoms. The second kappa shape index (κ2) is 5.56. The zero-order valence-corrected chi connectivity index (χ0v) is 10.6. The maximum Gasteiger partial charge on any atom is 0.303 e. The van der Waals surface area contributed by atoms with Gasteiger partial charge in [-0.3, -0.25) is 9.59 Å². The summed E-state index contributed by atoms with van der Waals surface area (Å²) in [5.41, 5.74) is 1.56. The van der Waals surface area contributed by atoms with Gasteiger partial charge in [-0.15, -0.1) is 0 Å². The predicted octanol–water partition coefficient (Wildman–Crippen LogP) is 2.01. The summed E-state index contributed by atoms with van der Waals surface area (Å²) < 4.78 is 0. The zero-order valence-electron chi connectivity index (χ0n) is 10.6. The number of carboxylic acid groups (broad SMARTS) is 1. The normalized spacial score (nSPS) is 12.3. The van der Waals surface area contributed by atoms with Crippen molar-refractivity contribution in [2.45, 2.75) is 13.3 Å². The molecule has 0 aliphatic carbocycles. The Morgan fingerprint density at radius 2 is 2.16 bits per heavy atom. The number of aliphatic carboxylic acids is 1. The molecule has 100 valence electrons. The second-order valence-electron chi connectivity index (χ2n) is 4.69. The van der Waals surface area contributed by atoms with Gasteiger partial charge in [0.2, 0.25) is 0 Å². The van der Waals surface area contributed by atoms with E-state index in [9.17, 15) is 9.59 Å². The van der Waals surface area contributed by atoms with Crippen molar-refractivity contribution in [3.63, 3.8) is 0 Å². The van der Waals surface area contributed by atoms with Crippen molar-refractivity contribution in [1.29, 1.82) is 0 Å². The van der Waals surface area contributed by atoms with Gasteiger partial charge in [0.25, 0.3) is 5.91 Å². The van der Waals surface area contributed by atoms with E-state index in [1.807, 2.05) is 24.4 Å². The van der Waals surface area contributed by atoms with Gasteiger partial charge >= 0.3 is 5.97 Å². The monoisotopic (exact) mass is 260 g/mol. The molecule has 0 saturated carbocycles. The van der Waals surface area contributed by atoms with Crippen LogP contribution in [-0.2, 0) is 4.79 Å². The third-order valence-electron chi connectivity index (χ3n) is 2.95. The van der Waals surface area contributed by atoms with Gasteiger partial charge in [0.1, 0.15) is 0 Å². The molecule has 2 aromatic rings. The highest BCUT2D eigenvalue weighted by Crippen LogP contribution is 2.14. The summed E-state index contributed by atoms with van der Waals surface area (Å²) >= 11 is 0.